The maximum atomic E-state index is 4.63. The van der Waals surface area contributed by atoms with Crippen molar-refractivity contribution in [2.24, 2.45) is 0 Å². The van der Waals surface area contributed by atoms with E-state index in [9.17, 15) is 0 Å². The summed E-state index contributed by atoms with van der Waals surface area (Å²) in [6.07, 6.45) is 0. The fraction of sp³-hybridized carbons (Fsp3) is 0.471. The Labute approximate surface area is 122 Å². The molecule has 0 aliphatic heterocycles. The Hall–Kier alpha value is -1.61. The topological polar surface area (TPSA) is 29.9 Å². The number of aryl methyl sites for hydroxylation is 3. The van der Waals surface area contributed by atoms with Crippen molar-refractivity contribution in [1.29, 1.82) is 0 Å². The number of nitrogens with zero attached hydrogens (tertiary/aromatic N) is 2. The van der Waals surface area contributed by atoms with Gasteiger partial charge < -0.3 is 5.32 Å². The third-order valence-corrected chi connectivity index (χ3v) is 3.77. The fourth-order valence-corrected chi connectivity index (χ4v) is 2.76. The Balaban J connectivity index is 2.32. The van der Waals surface area contributed by atoms with Gasteiger partial charge in [0.15, 0.2) is 0 Å². The van der Waals surface area contributed by atoms with Crippen LogP contribution in [0.3, 0.4) is 0 Å². The van der Waals surface area contributed by atoms with E-state index in [1.165, 1.54) is 16.8 Å². The van der Waals surface area contributed by atoms with Crippen molar-refractivity contribution >= 4 is 0 Å². The van der Waals surface area contributed by atoms with Gasteiger partial charge in [0.2, 0.25) is 0 Å². The Morgan fingerprint density at radius 2 is 1.80 bits per heavy atom. The molecule has 2 unspecified atom stereocenters. The summed E-state index contributed by atoms with van der Waals surface area (Å²) in [6.45, 7) is 11.6. The van der Waals surface area contributed by atoms with Crippen LogP contribution in [0.1, 0.15) is 48.4 Å². The summed E-state index contributed by atoms with van der Waals surface area (Å²) in [6, 6.07) is 11.5. The minimum absolute atomic E-state index is 0.276. The van der Waals surface area contributed by atoms with E-state index < -0.39 is 0 Å². The molecule has 2 atom stereocenters. The van der Waals surface area contributed by atoms with Crippen molar-refractivity contribution in [1.82, 2.24) is 15.1 Å². The summed E-state index contributed by atoms with van der Waals surface area (Å²) in [7, 11) is 0. The molecule has 0 aliphatic rings. The molecular weight excluding hydrogens is 246 g/mol. The molecule has 0 amide bonds. The van der Waals surface area contributed by atoms with Crippen molar-refractivity contribution < 1.29 is 0 Å². The summed E-state index contributed by atoms with van der Waals surface area (Å²) < 4.78 is 2.13. The minimum Gasteiger partial charge on any atom is -0.308 e. The molecule has 1 aromatic carbocycles. The summed E-state index contributed by atoms with van der Waals surface area (Å²) in [5.41, 5.74) is 4.90. The molecule has 1 heterocycles. The van der Waals surface area contributed by atoms with Gasteiger partial charge in [0.25, 0.3) is 0 Å². The molecule has 0 saturated heterocycles. The van der Waals surface area contributed by atoms with Gasteiger partial charge in [0, 0.05) is 5.69 Å². The highest BCUT2D eigenvalue weighted by Crippen LogP contribution is 2.27. The van der Waals surface area contributed by atoms with Gasteiger partial charge in [-0.1, -0.05) is 36.8 Å². The molecule has 1 N–H and O–H groups in total. The zero-order valence-corrected chi connectivity index (χ0v) is 13.1. The zero-order valence-electron chi connectivity index (χ0n) is 13.1. The first-order valence-electron chi connectivity index (χ1n) is 7.35. The Kier molecular flexibility index (Phi) is 4.61. The normalized spacial score (nSPS) is 14.2. The Bertz CT molecular complexity index is 554. The third kappa shape index (κ3) is 3.10. The van der Waals surface area contributed by atoms with Gasteiger partial charge in [0.1, 0.15) is 0 Å². The monoisotopic (exact) mass is 271 g/mol. The molecule has 2 rings (SSSR count). The Morgan fingerprint density at radius 1 is 1.15 bits per heavy atom. The van der Waals surface area contributed by atoms with Crippen molar-refractivity contribution in [2.45, 2.75) is 46.7 Å². The molecule has 0 saturated carbocycles. The summed E-state index contributed by atoms with van der Waals surface area (Å²) in [5, 5.41) is 8.23. The Morgan fingerprint density at radius 3 is 2.30 bits per heavy atom. The molecule has 0 spiro atoms. The second-order valence-electron chi connectivity index (χ2n) is 5.56. The van der Waals surface area contributed by atoms with E-state index in [4.69, 9.17) is 0 Å². The van der Waals surface area contributed by atoms with Crippen LogP contribution in [0, 0.1) is 20.8 Å². The van der Waals surface area contributed by atoms with Crippen molar-refractivity contribution in [3.05, 3.63) is 52.8 Å². The summed E-state index contributed by atoms with van der Waals surface area (Å²) >= 11 is 0. The van der Waals surface area contributed by atoms with Crippen LogP contribution in [0.15, 0.2) is 30.3 Å². The van der Waals surface area contributed by atoms with Gasteiger partial charge in [-0.2, -0.15) is 5.10 Å². The van der Waals surface area contributed by atoms with E-state index >= 15 is 0 Å². The average Bonchev–Trinajstić information content (AvgIpc) is 2.75. The number of rotatable bonds is 5. The second kappa shape index (κ2) is 6.23. The maximum Gasteiger partial charge on any atom is 0.0688 e. The number of hydrogen-bond acceptors (Lipinski definition) is 2. The van der Waals surface area contributed by atoms with Crippen LogP contribution < -0.4 is 5.32 Å². The number of benzene rings is 1. The molecule has 108 valence electrons. The minimum atomic E-state index is 0.276. The quantitative estimate of drug-likeness (QED) is 0.898. The smallest absolute Gasteiger partial charge is 0.0688 e. The molecule has 2 aromatic rings. The van der Waals surface area contributed by atoms with E-state index in [-0.39, 0.29) is 12.1 Å². The molecule has 3 heteroatoms. The predicted octanol–water partition coefficient (Wildman–Crippen LogP) is 3.72. The van der Waals surface area contributed by atoms with E-state index in [2.05, 4.69) is 73.1 Å². The lowest BCUT2D eigenvalue weighted by atomic mass is 9.99. The van der Waals surface area contributed by atoms with Crippen LogP contribution in [0.2, 0.25) is 0 Å². The highest BCUT2D eigenvalue weighted by Gasteiger charge is 2.21. The van der Waals surface area contributed by atoms with Crippen molar-refractivity contribution in [3.63, 3.8) is 0 Å². The largest absolute Gasteiger partial charge is 0.308 e. The van der Waals surface area contributed by atoms with E-state index in [1.54, 1.807) is 0 Å². The van der Waals surface area contributed by atoms with Gasteiger partial charge >= 0.3 is 0 Å². The third-order valence-electron chi connectivity index (χ3n) is 3.77. The standard InChI is InChI=1S/C17H25N3/c1-6-18-17(16-9-7-12(2)8-10-16)15(5)20-14(4)11-13(3)19-20/h7-11,15,17-18H,6H2,1-5H3. The average molecular weight is 271 g/mol. The first kappa shape index (κ1) is 14.8. The lowest BCUT2D eigenvalue weighted by molar-refractivity contribution is 0.353. The van der Waals surface area contributed by atoms with Gasteiger partial charge in [-0.15, -0.1) is 0 Å². The van der Waals surface area contributed by atoms with Gasteiger partial charge in [-0.05, 0) is 45.9 Å². The van der Waals surface area contributed by atoms with Crippen molar-refractivity contribution in [2.75, 3.05) is 6.54 Å². The SMILES string of the molecule is CCNC(c1ccc(C)cc1)C(C)n1nc(C)cc1C. The molecule has 0 aliphatic carbocycles. The second-order valence-corrected chi connectivity index (χ2v) is 5.56. The number of aromatic nitrogens is 2. The molecule has 0 fully saturated rings. The van der Waals surface area contributed by atoms with Gasteiger partial charge in [-0.3, -0.25) is 4.68 Å². The number of likely N-dealkylation sites (N-methyl/N-ethyl adjacent to an activating group) is 1. The lowest BCUT2D eigenvalue weighted by Crippen LogP contribution is -2.29. The number of nitrogens with one attached hydrogen (secondary N) is 1. The van der Waals surface area contributed by atoms with E-state index in [0.29, 0.717) is 0 Å². The van der Waals surface area contributed by atoms with Crippen LogP contribution in [0.25, 0.3) is 0 Å². The predicted molar refractivity (Wildman–Crippen MR) is 84.0 cm³/mol. The van der Waals surface area contributed by atoms with Crippen LogP contribution in [-0.4, -0.2) is 16.3 Å². The highest BCUT2D eigenvalue weighted by atomic mass is 15.3. The number of hydrogen-bond donors (Lipinski definition) is 1. The zero-order chi connectivity index (χ0) is 14.7. The van der Waals surface area contributed by atoms with Crippen LogP contribution in [0.5, 0.6) is 0 Å². The van der Waals surface area contributed by atoms with Gasteiger partial charge in [-0.25, -0.2) is 0 Å². The van der Waals surface area contributed by atoms with Crippen LogP contribution in [-0.2, 0) is 0 Å². The summed E-state index contributed by atoms with van der Waals surface area (Å²) in [5.74, 6) is 0. The van der Waals surface area contributed by atoms with Crippen LogP contribution >= 0.6 is 0 Å². The first-order chi connectivity index (χ1) is 9.52. The molecule has 3 nitrogen and oxygen atoms in total. The molecule has 0 radical (unpaired) electrons. The summed E-state index contributed by atoms with van der Waals surface area (Å²) in [4.78, 5) is 0. The van der Waals surface area contributed by atoms with Crippen LogP contribution in [0.4, 0.5) is 0 Å². The first-order valence-corrected chi connectivity index (χ1v) is 7.35. The highest BCUT2D eigenvalue weighted by molar-refractivity contribution is 5.25. The molecule has 1 aromatic heterocycles. The molecule has 0 bridgehead atoms. The van der Waals surface area contributed by atoms with E-state index in [1.807, 2.05) is 6.92 Å². The lowest BCUT2D eigenvalue weighted by Gasteiger charge is -2.26. The molecule has 20 heavy (non-hydrogen) atoms. The fourth-order valence-electron chi connectivity index (χ4n) is 2.76. The van der Waals surface area contributed by atoms with Gasteiger partial charge in [0.05, 0.1) is 17.8 Å². The maximum absolute atomic E-state index is 4.63. The molecular formula is C17H25N3. The van der Waals surface area contributed by atoms with E-state index in [0.717, 1.165) is 12.2 Å². The van der Waals surface area contributed by atoms with Crippen molar-refractivity contribution in [3.8, 4) is 0 Å².